The van der Waals surface area contributed by atoms with Gasteiger partial charge in [-0.25, -0.2) is 4.79 Å². The minimum atomic E-state index is -4.81. The number of alkyl halides is 6. The molecule has 38 heavy (non-hydrogen) atoms. The fraction of sp³-hybridized carbons (Fsp3) is 0.160. The fourth-order valence-electron chi connectivity index (χ4n) is 3.37. The second kappa shape index (κ2) is 11.8. The summed E-state index contributed by atoms with van der Waals surface area (Å²) in [6.07, 6.45) is -9.85. The lowest BCUT2D eigenvalue weighted by Gasteiger charge is -2.14. The van der Waals surface area contributed by atoms with Crippen LogP contribution in [0.4, 0.5) is 36.8 Å². The molecule has 1 amide bonds. The number of H-pyrrole nitrogens is 1. The number of hydrogen-bond donors (Lipinski definition) is 4. The van der Waals surface area contributed by atoms with Crippen molar-refractivity contribution >= 4 is 22.7 Å². The number of ether oxygens (including phenoxy) is 2. The average molecular weight is 542 g/mol. The Balaban J connectivity index is 0.000000256. The molecule has 0 aliphatic carbocycles. The Morgan fingerprint density at radius 1 is 0.842 bits per heavy atom. The highest BCUT2D eigenvalue weighted by Crippen LogP contribution is 2.27. The van der Waals surface area contributed by atoms with Crippen molar-refractivity contribution in [3.8, 4) is 11.5 Å². The maximum Gasteiger partial charge on any atom is 0.573 e. The molecule has 0 fully saturated rings. The van der Waals surface area contributed by atoms with E-state index in [9.17, 15) is 36.2 Å². The Morgan fingerprint density at radius 2 is 1.39 bits per heavy atom. The normalized spacial score (nSPS) is 12.3. The van der Waals surface area contributed by atoms with Crippen LogP contribution in [0.3, 0.4) is 0 Å². The van der Waals surface area contributed by atoms with Gasteiger partial charge in [0, 0.05) is 23.5 Å². The van der Waals surface area contributed by atoms with Gasteiger partial charge in [0.25, 0.3) is 0 Å². The molecule has 4 N–H and O–H groups in total. The summed E-state index contributed by atoms with van der Waals surface area (Å²) in [6, 6.07) is 16.8. The summed E-state index contributed by atoms with van der Waals surface area (Å²) in [6.45, 7) is 0. The zero-order valence-electron chi connectivity index (χ0n) is 19.2. The summed E-state index contributed by atoms with van der Waals surface area (Å²) in [4.78, 5) is 13.4. The fourth-order valence-corrected chi connectivity index (χ4v) is 3.37. The van der Waals surface area contributed by atoms with Gasteiger partial charge in [-0.3, -0.25) is 5.32 Å². The van der Waals surface area contributed by atoms with E-state index in [0.717, 1.165) is 35.2 Å². The van der Waals surface area contributed by atoms with Crippen LogP contribution in [0.25, 0.3) is 10.9 Å². The minimum absolute atomic E-state index is 0.0613. The maximum atomic E-state index is 12.1. The number of halogens is 6. The minimum Gasteiger partial charge on any atom is -0.465 e. The average Bonchev–Trinajstić information content (AvgIpc) is 3.29. The lowest BCUT2D eigenvalue weighted by Crippen LogP contribution is -2.17. The van der Waals surface area contributed by atoms with Gasteiger partial charge >= 0.3 is 18.8 Å². The van der Waals surface area contributed by atoms with Gasteiger partial charge in [-0.15, -0.1) is 26.3 Å². The van der Waals surface area contributed by atoms with E-state index in [4.69, 9.17) is 5.11 Å². The van der Waals surface area contributed by atoms with Crippen molar-refractivity contribution < 1.29 is 50.8 Å². The number of amides is 1. The molecule has 0 bridgehead atoms. The van der Waals surface area contributed by atoms with E-state index in [1.807, 2.05) is 12.1 Å². The molecule has 1 aromatic heterocycles. The summed E-state index contributed by atoms with van der Waals surface area (Å²) < 4.78 is 79.9. The van der Waals surface area contributed by atoms with Gasteiger partial charge in [0.15, 0.2) is 0 Å². The number of carboxylic acid groups (broad SMARTS) is 1. The van der Waals surface area contributed by atoms with E-state index in [1.54, 1.807) is 18.3 Å². The van der Waals surface area contributed by atoms with Crippen molar-refractivity contribution in [1.29, 1.82) is 0 Å². The number of rotatable bonds is 6. The topological polar surface area (TPSA) is 104 Å². The number of carbonyl (C=O) groups is 1. The summed E-state index contributed by atoms with van der Waals surface area (Å²) in [5.74, 6) is -0.809. The van der Waals surface area contributed by atoms with Gasteiger partial charge in [-0.1, -0.05) is 30.3 Å². The molecule has 1 heterocycles. The van der Waals surface area contributed by atoms with Crippen LogP contribution in [-0.4, -0.2) is 34.0 Å². The number of nitrogens with one attached hydrogen (secondary N) is 2. The second-order valence-electron chi connectivity index (χ2n) is 7.70. The van der Waals surface area contributed by atoms with Crippen LogP contribution in [0.1, 0.15) is 17.2 Å². The molecule has 202 valence electrons. The third kappa shape index (κ3) is 8.92. The number of benzene rings is 3. The number of aliphatic hydroxyl groups is 1. The van der Waals surface area contributed by atoms with Gasteiger partial charge in [0.2, 0.25) is 0 Å². The van der Waals surface area contributed by atoms with Crippen molar-refractivity contribution in [2.75, 3.05) is 5.32 Å². The van der Waals surface area contributed by atoms with Crippen LogP contribution in [0.15, 0.2) is 79.0 Å². The molecule has 0 radical (unpaired) electrons. The van der Waals surface area contributed by atoms with Crippen LogP contribution in [0.5, 0.6) is 11.5 Å². The summed E-state index contributed by atoms with van der Waals surface area (Å²) in [7, 11) is 0. The van der Waals surface area contributed by atoms with Crippen molar-refractivity contribution in [1.82, 2.24) is 4.98 Å². The predicted molar refractivity (Wildman–Crippen MR) is 125 cm³/mol. The Hall–Kier alpha value is -4.39. The lowest BCUT2D eigenvalue weighted by atomic mass is 10.0. The summed E-state index contributed by atoms with van der Waals surface area (Å²) in [5, 5.41) is 21.8. The van der Waals surface area contributed by atoms with Gasteiger partial charge < -0.3 is 24.7 Å². The van der Waals surface area contributed by atoms with E-state index in [0.29, 0.717) is 16.8 Å². The first-order chi connectivity index (χ1) is 17.8. The smallest absolute Gasteiger partial charge is 0.465 e. The first-order valence-corrected chi connectivity index (χ1v) is 10.7. The quantitative estimate of drug-likeness (QED) is 0.196. The summed E-state index contributed by atoms with van der Waals surface area (Å²) >= 11 is 0. The number of hydrogen-bond acceptors (Lipinski definition) is 4. The van der Waals surface area contributed by atoms with E-state index in [-0.39, 0.29) is 12.2 Å². The number of aromatic amines is 1. The summed E-state index contributed by atoms with van der Waals surface area (Å²) in [5.41, 5.74) is 2.39. The van der Waals surface area contributed by atoms with Gasteiger partial charge in [0.05, 0.1) is 11.8 Å². The van der Waals surface area contributed by atoms with E-state index >= 15 is 0 Å². The second-order valence-corrected chi connectivity index (χ2v) is 7.70. The Morgan fingerprint density at radius 3 is 1.92 bits per heavy atom. The zero-order chi connectivity index (χ0) is 27.9. The molecule has 0 aliphatic heterocycles. The van der Waals surface area contributed by atoms with E-state index in [2.05, 4.69) is 19.8 Å². The highest BCUT2D eigenvalue weighted by Gasteiger charge is 2.31. The molecule has 0 saturated heterocycles. The molecule has 3 aromatic carbocycles. The molecule has 7 nitrogen and oxygen atoms in total. The maximum absolute atomic E-state index is 12.1. The van der Waals surface area contributed by atoms with Gasteiger partial charge in [-0.05, 0) is 53.6 Å². The monoisotopic (exact) mass is 542 g/mol. The molecule has 4 aromatic rings. The highest BCUT2D eigenvalue weighted by atomic mass is 19.4. The van der Waals surface area contributed by atoms with Crippen molar-refractivity contribution in [2.45, 2.75) is 25.2 Å². The molecule has 1 atom stereocenters. The molecule has 0 spiro atoms. The first kappa shape index (κ1) is 28.2. The standard InChI is InChI=1S/C16H12F6O3.C9H8N2O2/c17-15(18,19)24-12-5-1-10(2-6-12)9-14(23)11-3-7-13(8-4-11)25-16(20,21)22;12-9(13)11-8-3-1-2-7-6(8)4-5-10-7/h1-8,14,23H,9H2;1-5,10-11H,(H,12,13). The van der Waals surface area contributed by atoms with Crippen LogP contribution < -0.4 is 14.8 Å². The third-order valence-electron chi connectivity index (χ3n) is 4.92. The Bertz CT molecular complexity index is 1340. The van der Waals surface area contributed by atoms with E-state index in [1.165, 1.54) is 24.3 Å². The molecule has 4 rings (SSSR count). The van der Waals surface area contributed by atoms with Crippen LogP contribution in [0, 0.1) is 0 Å². The Labute approximate surface area is 211 Å². The molecule has 0 aliphatic rings. The lowest BCUT2D eigenvalue weighted by molar-refractivity contribution is -0.275. The van der Waals surface area contributed by atoms with E-state index < -0.39 is 30.7 Å². The SMILES string of the molecule is O=C(O)Nc1cccc2[nH]ccc12.OC(Cc1ccc(OC(F)(F)F)cc1)c1ccc(OC(F)(F)F)cc1. The van der Waals surface area contributed by atoms with Crippen molar-refractivity contribution in [2.24, 2.45) is 0 Å². The predicted octanol–water partition coefficient (Wildman–Crippen LogP) is 7.02. The molecular formula is C25H20F6N2O5. The van der Waals surface area contributed by atoms with Crippen molar-refractivity contribution in [3.05, 3.63) is 90.1 Å². The molecule has 13 heteroatoms. The van der Waals surface area contributed by atoms with Gasteiger partial charge in [0.1, 0.15) is 11.5 Å². The number of fused-ring (bicyclic) bond motifs is 1. The molecule has 1 unspecified atom stereocenters. The van der Waals surface area contributed by atoms with Crippen LogP contribution in [0.2, 0.25) is 0 Å². The zero-order valence-corrected chi connectivity index (χ0v) is 19.2. The highest BCUT2D eigenvalue weighted by molar-refractivity contribution is 5.98. The number of anilines is 1. The molecule has 0 saturated carbocycles. The van der Waals surface area contributed by atoms with Crippen LogP contribution >= 0.6 is 0 Å². The third-order valence-corrected chi connectivity index (χ3v) is 4.92. The molecular weight excluding hydrogens is 522 g/mol. The Kier molecular flexibility index (Phi) is 8.73. The number of aromatic nitrogens is 1. The van der Waals surface area contributed by atoms with Gasteiger partial charge in [-0.2, -0.15) is 0 Å². The first-order valence-electron chi connectivity index (χ1n) is 10.7. The number of aliphatic hydroxyl groups excluding tert-OH is 1. The van der Waals surface area contributed by atoms with Crippen LogP contribution in [-0.2, 0) is 6.42 Å². The largest absolute Gasteiger partial charge is 0.573 e. The van der Waals surface area contributed by atoms with Crippen molar-refractivity contribution in [3.63, 3.8) is 0 Å².